The van der Waals surface area contributed by atoms with Crippen LogP contribution in [0.2, 0.25) is 0 Å². The summed E-state index contributed by atoms with van der Waals surface area (Å²) in [6.07, 6.45) is 1.70. The Morgan fingerprint density at radius 2 is 2.06 bits per heavy atom. The molecule has 0 unspecified atom stereocenters. The molecular weight excluding hydrogens is 490 g/mol. The number of allylic oxidation sites excluding steroid dienone is 1. The summed E-state index contributed by atoms with van der Waals surface area (Å²) in [4.78, 5) is 36.7. The molecule has 12 heteroatoms. The number of ether oxygens (including phenoxy) is 2. The highest BCUT2D eigenvalue weighted by Gasteiger charge is 2.25. The molecule has 2 amide bonds. The Hall–Kier alpha value is -3.64. The van der Waals surface area contributed by atoms with E-state index in [1.807, 2.05) is 31.2 Å². The minimum atomic E-state index is -0.689. The molecule has 0 radical (unpaired) electrons. The Kier molecular flexibility index (Phi) is 8.66. The first kappa shape index (κ1) is 26.0. The van der Waals surface area contributed by atoms with E-state index in [0.29, 0.717) is 23.1 Å². The summed E-state index contributed by atoms with van der Waals surface area (Å²) in [6.45, 7) is 7.96. The molecule has 3 N–H and O–H groups in total. The van der Waals surface area contributed by atoms with Crippen molar-refractivity contribution in [2.75, 3.05) is 18.2 Å². The SMILES string of the molecule is C=CCn1c(COc2cccc(C)c2)nnc1SCC(=O)Nc1sc(C(N)=O)c(C)c1C(=O)OC. The number of methoxy groups -OCH3 is 1. The van der Waals surface area contributed by atoms with Crippen molar-refractivity contribution in [3.05, 3.63) is 64.3 Å². The third kappa shape index (κ3) is 6.28. The molecule has 0 saturated carbocycles. The van der Waals surface area contributed by atoms with E-state index in [9.17, 15) is 14.4 Å². The van der Waals surface area contributed by atoms with Gasteiger partial charge in [-0.3, -0.25) is 14.2 Å². The summed E-state index contributed by atoms with van der Waals surface area (Å²) in [5.74, 6) is -0.471. The smallest absolute Gasteiger partial charge is 0.341 e. The number of nitrogens with two attached hydrogens (primary N) is 1. The summed E-state index contributed by atoms with van der Waals surface area (Å²) in [5, 5.41) is 11.8. The predicted octanol–water partition coefficient (Wildman–Crippen LogP) is 3.34. The number of thioether (sulfide) groups is 1. The standard InChI is InChI=1S/C23H25N5O5S2/c1-5-9-28-16(11-33-15-8-6-7-13(2)10-15)26-27-23(28)34-12-17(29)25-21-18(22(31)32-4)14(3)19(35-21)20(24)30/h5-8,10H,1,9,11-12H2,2-4H3,(H2,24,30)(H,25,29). The number of carbonyl (C=O) groups excluding carboxylic acids is 3. The Bertz CT molecular complexity index is 1270. The topological polar surface area (TPSA) is 138 Å². The number of carbonyl (C=O) groups is 3. The molecule has 2 heterocycles. The van der Waals surface area contributed by atoms with Gasteiger partial charge in [0.25, 0.3) is 5.91 Å². The summed E-state index contributed by atoms with van der Waals surface area (Å²) in [5.41, 5.74) is 6.94. The zero-order valence-electron chi connectivity index (χ0n) is 19.5. The predicted molar refractivity (Wildman–Crippen MR) is 134 cm³/mol. The van der Waals surface area contributed by atoms with Crippen LogP contribution >= 0.6 is 23.1 Å². The van der Waals surface area contributed by atoms with Crippen molar-refractivity contribution < 1.29 is 23.9 Å². The number of hydrogen-bond donors (Lipinski definition) is 2. The third-order valence-corrected chi connectivity index (χ3v) is 7.00. The van der Waals surface area contributed by atoms with E-state index in [4.69, 9.17) is 15.2 Å². The Morgan fingerprint density at radius 3 is 2.71 bits per heavy atom. The molecule has 184 valence electrons. The fourth-order valence-corrected chi connectivity index (χ4v) is 5.01. The van der Waals surface area contributed by atoms with Crippen LogP contribution in [0.1, 0.15) is 37.0 Å². The molecule has 10 nitrogen and oxygen atoms in total. The summed E-state index contributed by atoms with van der Waals surface area (Å²) in [6, 6.07) is 7.67. The van der Waals surface area contributed by atoms with Gasteiger partial charge in [-0.2, -0.15) is 0 Å². The Labute approximate surface area is 210 Å². The Morgan fingerprint density at radius 1 is 1.29 bits per heavy atom. The van der Waals surface area contributed by atoms with Crippen LogP contribution in [0.15, 0.2) is 42.1 Å². The molecule has 0 spiro atoms. The highest BCUT2D eigenvalue weighted by molar-refractivity contribution is 7.99. The quantitative estimate of drug-likeness (QED) is 0.225. The zero-order chi connectivity index (χ0) is 25.5. The highest BCUT2D eigenvalue weighted by atomic mass is 32.2. The largest absolute Gasteiger partial charge is 0.486 e. The van der Waals surface area contributed by atoms with Crippen molar-refractivity contribution in [3.63, 3.8) is 0 Å². The number of nitrogens with one attached hydrogen (secondary N) is 1. The number of primary amides is 1. The zero-order valence-corrected chi connectivity index (χ0v) is 21.1. The van der Waals surface area contributed by atoms with Gasteiger partial charge in [0, 0.05) is 6.54 Å². The van der Waals surface area contributed by atoms with Crippen molar-refractivity contribution in [2.45, 2.75) is 32.2 Å². The second-order valence-electron chi connectivity index (χ2n) is 7.36. The minimum Gasteiger partial charge on any atom is -0.486 e. The van der Waals surface area contributed by atoms with Crippen LogP contribution in [0.3, 0.4) is 0 Å². The molecule has 2 aromatic heterocycles. The maximum Gasteiger partial charge on any atom is 0.341 e. The normalized spacial score (nSPS) is 10.6. The third-order valence-electron chi connectivity index (χ3n) is 4.81. The molecule has 35 heavy (non-hydrogen) atoms. The van der Waals surface area contributed by atoms with Crippen molar-refractivity contribution in [2.24, 2.45) is 5.73 Å². The van der Waals surface area contributed by atoms with Crippen LogP contribution in [-0.4, -0.2) is 45.4 Å². The first-order valence-electron chi connectivity index (χ1n) is 10.4. The van der Waals surface area contributed by atoms with E-state index in [2.05, 4.69) is 22.1 Å². The van der Waals surface area contributed by atoms with Crippen LogP contribution in [-0.2, 0) is 22.7 Å². The number of esters is 1. The summed E-state index contributed by atoms with van der Waals surface area (Å²) >= 11 is 2.10. The van der Waals surface area contributed by atoms with Gasteiger partial charge in [0.05, 0.1) is 23.3 Å². The molecule has 0 saturated heterocycles. The lowest BCUT2D eigenvalue weighted by molar-refractivity contribution is -0.113. The summed E-state index contributed by atoms with van der Waals surface area (Å²) < 4.78 is 12.4. The van der Waals surface area contributed by atoms with E-state index >= 15 is 0 Å². The molecule has 0 fully saturated rings. The molecule has 3 aromatic rings. The number of aromatic nitrogens is 3. The van der Waals surface area contributed by atoms with Crippen LogP contribution in [0.5, 0.6) is 5.75 Å². The highest BCUT2D eigenvalue weighted by Crippen LogP contribution is 2.33. The molecular formula is C23H25N5O5S2. The first-order chi connectivity index (χ1) is 16.7. The van der Waals surface area contributed by atoms with E-state index < -0.39 is 17.8 Å². The second-order valence-corrected chi connectivity index (χ2v) is 9.32. The van der Waals surface area contributed by atoms with Gasteiger partial charge in [-0.15, -0.1) is 28.1 Å². The number of benzene rings is 1. The van der Waals surface area contributed by atoms with Crippen molar-refractivity contribution >= 4 is 45.9 Å². The second kappa shape index (κ2) is 11.7. The van der Waals surface area contributed by atoms with Crippen LogP contribution in [0.4, 0.5) is 5.00 Å². The van der Waals surface area contributed by atoms with Gasteiger partial charge in [0.15, 0.2) is 11.0 Å². The Balaban J connectivity index is 1.70. The average Bonchev–Trinajstić information content (AvgIpc) is 3.36. The van der Waals surface area contributed by atoms with Crippen molar-refractivity contribution in [1.82, 2.24) is 14.8 Å². The maximum absolute atomic E-state index is 12.7. The van der Waals surface area contributed by atoms with Gasteiger partial charge in [-0.1, -0.05) is 30.0 Å². The number of rotatable bonds is 11. The molecule has 0 bridgehead atoms. The van der Waals surface area contributed by atoms with Gasteiger partial charge >= 0.3 is 5.97 Å². The van der Waals surface area contributed by atoms with E-state index in [1.54, 1.807) is 17.6 Å². The summed E-state index contributed by atoms with van der Waals surface area (Å²) in [7, 11) is 1.22. The first-order valence-corrected chi connectivity index (χ1v) is 12.2. The number of amides is 2. The van der Waals surface area contributed by atoms with Crippen LogP contribution in [0, 0.1) is 13.8 Å². The minimum absolute atomic E-state index is 0.0164. The van der Waals surface area contributed by atoms with Crippen molar-refractivity contribution in [1.29, 1.82) is 0 Å². The molecule has 0 aliphatic rings. The van der Waals surface area contributed by atoms with Crippen LogP contribution in [0.25, 0.3) is 0 Å². The van der Waals surface area contributed by atoms with E-state index in [-0.39, 0.29) is 27.8 Å². The lowest BCUT2D eigenvalue weighted by Crippen LogP contribution is -2.16. The number of hydrogen-bond acceptors (Lipinski definition) is 9. The van der Waals surface area contributed by atoms with Gasteiger partial charge < -0.3 is 20.5 Å². The number of nitrogens with zero attached hydrogens (tertiary/aromatic N) is 3. The molecule has 3 rings (SSSR count). The lowest BCUT2D eigenvalue weighted by Gasteiger charge is -2.10. The van der Waals surface area contributed by atoms with Gasteiger partial charge in [0.1, 0.15) is 17.4 Å². The van der Waals surface area contributed by atoms with Gasteiger partial charge in [-0.25, -0.2) is 4.79 Å². The molecule has 0 aliphatic carbocycles. The van der Waals surface area contributed by atoms with Gasteiger partial charge in [-0.05, 0) is 37.1 Å². The number of thiophene rings is 1. The van der Waals surface area contributed by atoms with Gasteiger partial charge in [0.2, 0.25) is 5.91 Å². The maximum atomic E-state index is 12.7. The van der Waals surface area contributed by atoms with E-state index in [1.165, 1.54) is 18.9 Å². The lowest BCUT2D eigenvalue weighted by atomic mass is 10.1. The fourth-order valence-electron chi connectivity index (χ4n) is 3.18. The fraction of sp³-hybridized carbons (Fsp3) is 0.261. The average molecular weight is 516 g/mol. The molecule has 0 atom stereocenters. The molecule has 1 aromatic carbocycles. The monoisotopic (exact) mass is 515 g/mol. The van der Waals surface area contributed by atoms with Crippen molar-refractivity contribution in [3.8, 4) is 5.75 Å². The van der Waals surface area contributed by atoms with E-state index in [0.717, 1.165) is 22.6 Å². The van der Waals surface area contributed by atoms with Crippen LogP contribution < -0.4 is 15.8 Å². The number of aryl methyl sites for hydroxylation is 1. The number of anilines is 1. The molecule has 0 aliphatic heterocycles.